The number of aryl methyl sites for hydroxylation is 1. The first-order chi connectivity index (χ1) is 10.0. The van der Waals surface area contributed by atoms with Gasteiger partial charge in [0.05, 0.1) is 18.9 Å². The topological polar surface area (TPSA) is 75.6 Å². The number of carboxylic acid groups (broad SMARTS) is 1. The number of aliphatic carboxylic acids is 1. The highest BCUT2D eigenvalue weighted by Crippen LogP contribution is 2.28. The van der Waals surface area contributed by atoms with E-state index in [1.165, 1.54) is 0 Å². The number of rotatable bonds is 4. The van der Waals surface area contributed by atoms with Crippen LogP contribution in [0.4, 0.5) is 5.69 Å². The Bertz CT molecular complexity index is 580. The van der Waals surface area contributed by atoms with Crippen LogP contribution in [0.15, 0.2) is 30.4 Å². The molecule has 5 heteroatoms. The van der Waals surface area contributed by atoms with Crippen molar-refractivity contribution in [3.63, 3.8) is 0 Å². The largest absolute Gasteiger partial charge is 0.497 e. The quantitative estimate of drug-likeness (QED) is 0.835. The second-order valence-electron chi connectivity index (χ2n) is 5.16. The normalized spacial score (nSPS) is 20.9. The molecule has 0 aromatic heterocycles. The molecule has 5 nitrogen and oxygen atoms in total. The maximum Gasteiger partial charge on any atom is 0.307 e. The summed E-state index contributed by atoms with van der Waals surface area (Å²) in [7, 11) is 1.58. The number of hydrogen-bond donors (Lipinski definition) is 2. The zero-order valence-corrected chi connectivity index (χ0v) is 12.1. The van der Waals surface area contributed by atoms with Gasteiger partial charge in [0.1, 0.15) is 5.75 Å². The van der Waals surface area contributed by atoms with Crippen molar-refractivity contribution in [1.29, 1.82) is 0 Å². The number of hydrogen-bond acceptors (Lipinski definition) is 3. The summed E-state index contributed by atoms with van der Waals surface area (Å²) in [6.45, 7) is 1.87. The van der Waals surface area contributed by atoms with Gasteiger partial charge >= 0.3 is 5.97 Å². The molecule has 0 fully saturated rings. The summed E-state index contributed by atoms with van der Waals surface area (Å²) in [6, 6.07) is 5.35. The van der Waals surface area contributed by atoms with E-state index in [1.807, 2.05) is 25.1 Å². The van der Waals surface area contributed by atoms with Crippen LogP contribution in [-0.2, 0) is 9.59 Å². The number of carbonyl (C=O) groups excluding carboxylic acids is 1. The van der Waals surface area contributed by atoms with E-state index in [-0.39, 0.29) is 5.91 Å². The van der Waals surface area contributed by atoms with E-state index in [0.717, 1.165) is 11.3 Å². The van der Waals surface area contributed by atoms with Crippen molar-refractivity contribution in [1.82, 2.24) is 0 Å². The molecule has 2 rings (SSSR count). The summed E-state index contributed by atoms with van der Waals surface area (Å²) in [5.41, 5.74) is 1.56. The van der Waals surface area contributed by atoms with E-state index >= 15 is 0 Å². The minimum Gasteiger partial charge on any atom is -0.497 e. The van der Waals surface area contributed by atoms with Crippen molar-refractivity contribution in [3.05, 3.63) is 35.9 Å². The van der Waals surface area contributed by atoms with Crippen LogP contribution in [-0.4, -0.2) is 24.1 Å². The first kappa shape index (κ1) is 15.1. The van der Waals surface area contributed by atoms with Gasteiger partial charge in [-0.1, -0.05) is 12.2 Å². The average Bonchev–Trinajstić information content (AvgIpc) is 2.49. The summed E-state index contributed by atoms with van der Waals surface area (Å²) < 4.78 is 5.12. The van der Waals surface area contributed by atoms with Gasteiger partial charge in [0.25, 0.3) is 0 Å². The van der Waals surface area contributed by atoms with Gasteiger partial charge in [-0.05, 0) is 43.5 Å². The fourth-order valence-corrected chi connectivity index (χ4v) is 2.51. The number of allylic oxidation sites excluding steroid dienone is 2. The molecule has 0 aliphatic heterocycles. The maximum absolute atomic E-state index is 12.3. The highest BCUT2D eigenvalue weighted by Gasteiger charge is 2.34. The minimum absolute atomic E-state index is 0.250. The molecular weight excluding hydrogens is 270 g/mol. The molecule has 0 saturated heterocycles. The van der Waals surface area contributed by atoms with Crippen molar-refractivity contribution < 1.29 is 19.4 Å². The lowest BCUT2D eigenvalue weighted by Gasteiger charge is -2.24. The third-order valence-corrected chi connectivity index (χ3v) is 3.78. The lowest BCUT2D eigenvalue weighted by molar-refractivity contribution is -0.146. The van der Waals surface area contributed by atoms with Crippen molar-refractivity contribution in [2.45, 2.75) is 19.8 Å². The maximum atomic E-state index is 12.3. The van der Waals surface area contributed by atoms with Crippen LogP contribution < -0.4 is 10.1 Å². The number of carbonyl (C=O) groups is 2. The monoisotopic (exact) mass is 289 g/mol. The number of amides is 1. The molecule has 1 aromatic carbocycles. The molecule has 0 unspecified atom stereocenters. The van der Waals surface area contributed by atoms with Crippen molar-refractivity contribution in [3.8, 4) is 5.75 Å². The van der Waals surface area contributed by atoms with Gasteiger partial charge in [-0.2, -0.15) is 0 Å². The van der Waals surface area contributed by atoms with Crippen LogP contribution >= 0.6 is 0 Å². The predicted molar refractivity (Wildman–Crippen MR) is 79.4 cm³/mol. The molecule has 1 aromatic rings. The number of anilines is 1. The average molecular weight is 289 g/mol. The summed E-state index contributed by atoms with van der Waals surface area (Å²) >= 11 is 0. The molecule has 0 radical (unpaired) electrons. The van der Waals surface area contributed by atoms with Crippen molar-refractivity contribution in [2.24, 2.45) is 11.8 Å². The van der Waals surface area contributed by atoms with Crippen LogP contribution in [0.2, 0.25) is 0 Å². The fourth-order valence-electron chi connectivity index (χ4n) is 2.51. The molecule has 2 atom stereocenters. The molecule has 0 spiro atoms. The Morgan fingerprint density at radius 1 is 1.24 bits per heavy atom. The Morgan fingerprint density at radius 3 is 2.48 bits per heavy atom. The van der Waals surface area contributed by atoms with Crippen LogP contribution in [0.3, 0.4) is 0 Å². The molecule has 21 heavy (non-hydrogen) atoms. The second-order valence-corrected chi connectivity index (χ2v) is 5.16. The molecule has 1 amide bonds. The molecule has 0 bridgehead atoms. The fraction of sp³-hybridized carbons (Fsp3) is 0.375. The highest BCUT2D eigenvalue weighted by molar-refractivity contribution is 5.96. The standard InChI is InChI=1S/C16H19NO4/c1-10-9-11(21-2)7-8-14(10)17-15(18)12-5-3-4-6-13(12)16(19)20/h3-4,7-9,12-13H,5-6H2,1-2H3,(H,17,18)(H,19,20)/t12-,13+/m1/s1. The van der Waals surface area contributed by atoms with Gasteiger partial charge in [0.2, 0.25) is 5.91 Å². The summed E-state index contributed by atoms with van der Waals surface area (Å²) in [6.07, 6.45) is 4.54. The number of ether oxygens (including phenoxy) is 1. The Labute approximate surface area is 123 Å². The van der Waals surface area contributed by atoms with E-state index in [4.69, 9.17) is 4.74 Å². The van der Waals surface area contributed by atoms with E-state index < -0.39 is 17.8 Å². The third kappa shape index (κ3) is 3.42. The SMILES string of the molecule is COc1ccc(NC(=O)[C@@H]2CC=CC[C@@H]2C(=O)O)c(C)c1. The predicted octanol–water partition coefficient (Wildman–Crippen LogP) is 2.61. The molecule has 1 aliphatic rings. The number of benzene rings is 1. The zero-order chi connectivity index (χ0) is 15.4. The highest BCUT2D eigenvalue weighted by atomic mass is 16.5. The molecule has 112 valence electrons. The lowest BCUT2D eigenvalue weighted by atomic mass is 9.82. The first-order valence-corrected chi connectivity index (χ1v) is 6.86. The molecule has 0 saturated carbocycles. The minimum atomic E-state index is -0.925. The van der Waals surface area contributed by atoms with E-state index in [9.17, 15) is 14.7 Å². The summed E-state index contributed by atoms with van der Waals surface area (Å²) in [4.78, 5) is 23.6. The Hall–Kier alpha value is -2.30. The van der Waals surface area contributed by atoms with Gasteiger partial charge in [0.15, 0.2) is 0 Å². The van der Waals surface area contributed by atoms with Crippen LogP contribution in [0.1, 0.15) is 18.4 Å². The molecular formula is C16H19NO4. The van der Waals surface area contributed by atoms with Crippen LogP contribution in [0, 0.1) is 18.8 Å². The zero-order valence-electron chi connectivity index (χ0n) is 12.1. The number of methoxy groups -OCH3 is 1. The van der Waals surface area contributed by atoms with E-state index in [1.54, 1.807) is 19.2 Å². The third-order valence-electron chi connectivity index (χ3n) is 3.78. The van der Waals surface area contributed by atoms with Gasteiger partial charge in [0, 0.05) is 5.69 Å². The van der Waals surface area contributed by atoms with Crippen LogP contribution in [0.25, 0.3) is 0 Å². The van der Waals surface area contributed by atoms with Crippen molar-refractivity contribution in [2.75, 3.05) is 12.4 Å². The number of nitrogens with one attached hydrogen (secondary N) is 1. The van der Waals surface area contributed by atoms with Gasteiger partial charge in [-0.3, -0.25) is 9.59 Å². The van der Waals surface area contributed by atoms with Gasteiger partial charge in [-0.15, -0.1) is 0 Å². The Balaban J connectivity index is 2.13. The lowest BCUT2D eigenvalue weighted by Crippen LogP contribution is -2.34. The molecule has 0 heterocycles. The smallest absolute Gasteiger partial charge is 0.307 e. The van der Waals surface area contributed by atoms with Gasteiger partial charge < -0.3 is 15.2 Å². The second kappa shape index (κ2) is 6.43. The van der Waals surface area contributed by atoms with Gasteiger partial charge in [-0.25, -0.2) is 0 Å². The van der Waals surface area contributed by atoms with Crippen molar-refractivity contribution >= 4 is 17.6 Å². The Kier molecular flexibility index (Phi) is 4.62. The first-order valence-electron chi connectivity index (χ1n) is 6.86. The Morgan fingerprint density at radius 2 is 1.90 bits per heavy atom. The number of carboxylic acids is 1. The van der Waals surface area contributed by atoms with E-state index in [0.29, 0.717) is 18.5 Å². The molecule has 2 N–H and O–H groups in total. The van der Waals surface area contributed by atoms with Crippen LogP contribution in [0.5, 0.6) is 5.75 Å². The molecule has 1 aliphatic carbocycles. The summed E-state index contributed by atoms with van der Waals surface area (Å²) in [5.74, 6) is -1.65. The van der Waals surface area contributed by atoms with E-state index in [2.05, 4.69) is 5.32 Å². The summed E-state index contributed by atoms with van der Waals surface area (Å²) in [5, 5.41) is 12.0.